The number of likely N-dealkylation sites (tertiary alicyclic amines) is 2. The van der Waals surface area contributed by atoms with E-state index in [9.17, 15) is 24.0 Å². The predicted molar refractivity (Wildman–Crippen MR) is 264 cm³/mol. The van der Waals surface area contributed by atoms with E-state index < -0.39 is 41.9 Å². The highest BCUT2D eigenvalue weighted by Crippen LogP contribution is 2.54. The van der Waals surface area contributed by atoms with Gasteiger partial charge in [-0.05, 0) is 98.9 Å². The fraction of sp³-hybridized carbons (Fsp3) is 0.442. The number of amides is 4. The first-order chi connectivity index (χ1) is 34.6. The Morgan fingerprint density at radius 1 is 0.792 bits per heavy atom. The summed E-state index contributed by atoms with van der Waals surface area (Å²) in [5.41, 5.74) is 3.65. The molecule has 20 heteroatoms. The molecule has 3 aliphatic heterocycles. The largest absolute Gasteiger partial charge is 0.464 e. The summed E-state index contributed by atoms with van der Waals surface area (Å²) >= 11 is 1.49. The second-order valence-electron chi connectivity index (χ2n) is 19.7. The monoisotopic (exact) mass is 1000 g/mol. The number of benzene rings is 2. The Labute approximate surface area is 419 Å². The Balaban J connectivity index is 0.984. The van der Waals surface area contributed by atoms with Crippen LogP contribution in [0.2, 0.25) is 0 Å². The summed E-state index contributed by atoms with van der Waals surface area (Å²) in [6, 6.07) is 12.9. The predicted octanol–water partition coefficient (Wildman–Crippen LogP) is 8.87. The summed E-state index contributed by atoms with van der Waals surface area (Å²) in [4.78, 5) is 85.8. The lowest BCUT2D eigenvalue weighted by molar-refractivity contribution is -0.148. The molecule has 0 radical (unpaired) electrons. The zero-order chi connectivity index (χ0) is 50.7. The Morgan fingerprint density at radius 3 is 1.92 bits per heavy atom. The Morgan fingerprint density at radius 2 is 1.38 bits per heavy atom. The maximum atomic E-state index is 17.0. The second kappa shape index (κ2) is 19.1. The van der Waals surface area contributed by atoms with Crippen molar-refractivity contribution in [1.29, 1.82) is 0 Å². The molecule has 1 saturated carbocycles. The van der Waals surface area contributed by atoms with Crippen LogP contribution < -0.4 is 15.4 Å². The molecule has 3 fully saturated rings. The van der Waals surface area contributed by atoms with Gasteiger partial charge in [-0.15, -0.1) is 11.3 Å². The highest BCUT2D eigenvalue weighted by molar-refractivity contribution is 7.12. The lowest BCUT2D eigenvalue weighted by Gasteiger charge is -2.30. The van der Waals surface area contributed by atoms with E-state index in [1.165, 1.54) is 38.5 Å². The highest BCUT2D eigenvalue weighted by atomic mass is 32.1. The molecule has 4 amide bonds. The van der Waals surface area contributed by atoms with Crippen LogP contribution in [0, 0.1) is 17.7 Å². The molecule has 2 saturated heterocycles. The van der Waals surface area contributed by atoms with Crippen LogP contribution in [-0.2, 0) is 34.2 Å². The summed E-state index contributed by atoms with van der Waals surface area (Å²) in [5.74, 6) is -0.352. The SMILES string of the molecule is COC(=O)N[C@H](C(=O)N1CCC[C@@H]1c1cnc(-c2cc(F)c3c(c2)OC(c2ccc(C4(OC(C)=O)CC4)s2)n2c-3cc3cc(-c4ncc([C@@H]5CCCN5C(=O)[C@@H](NC(=O)OC)C(C)C)[nH]4)ccc32)[nH]1)C(C)C. The number of carbonyl (C=O) groups is 5. The Hall–Kier alpha value is -7.22. The van der Waals surface area contributed by atoms with Crippen molar-refractivity contribution in [2.75, 3.05) is 27.3 Å². The van der Waals surface area contributed by atoms with E-state index in [2.05, 4.69) is 25.6 Å². The van der Waals surface area contributed by atoms with Crippen molar-refractivity contribution in [1.82, 2.24) is 44.9 Å². The average Bonchev–Trinajstić information content (AvgIpc) is 4.13. The number of alkyl carbamates (subject to hydrolysis) is 2. The minimum absolute atomic E-state index is 0.166. The van der Waals surface area contributed by atoms with Gasteiger partial charge in [-0.3, -0.25) is 19.0 Å². The van der Waals surface area contributed by atoms with Gasteiger partial charge in [0.25, 0.3) is 0 Å². The van der Waals surface area contributed by atoms with Crippen LogP contribution >= 0.6 is 11.3 Å². The number of nitrogens with zero attached hydrogens (tertiary/aromatic N) is 5. The zero-order valence-corrected chi connectivity index (χ0v) is 42.0. The van der Waals surface area contributed by atoms with Crippen LogP contribution in [0.5, 0.6) is 5.75 Å². The third-order valence-electron chi connectivity index (χ3n) is 14.3. The van der Waals surface area contributed by atoms with Crippen molar-refractivity contribution in [3.8, 4) is 39.8 Å². The molecule has 0 bridgehead atoms. The molecule has 18 nitrogen and oxygen atoms in total. The van der Waals surface area contributed by atoms with Gasteiger partial charge in [0.05, 0.1) is 71.7 Å². The van der Waals surface area contributed by atoms with E-state index in [4.69, 9.17) is 23.9 Å². The normalized spacial score (nSPS) is 19.7. The van der Waals surface area contributed by atoms with Gasteiger partial charge in [-0.1, -0.05) is 27.7 Å². The summed E-state index contributed by atoms with van der Waals surface area (Å²) in [6.07, 6.45) is 5.70. The standard InChI is InChI=1S/C52H58FN9O9S/c1-26(2)43(58-50(66)68-6)47(64)60-18-8-10-36(60)33-24-54-45(56-33)29-12-13-35-30(20-29)22-38-42-32(53)21-31(23-39(42)70-49(62(35)38)40-14-15-41(72-40)52(16-17-52)71-28(5)63)46-55-25-34(57-46)37-11-9-19-61(37)48(65)44(27(3)4)59-51(67)69-7/h12-15,20-27,36-37,43-44,49H,8-11,16-19H2,1-7H3,(H,54,56)(H,55,57)(H,58,66)(H,59,67)/t36-,37+,43-,44-,49?/m0/s1. The van der Waals surface area contributed by atoms with Gasteiger partial charge in [-0.2, -0.15) is 0 Å². The average molecular weight is 1000 g/mol. The molecule has 72 heavy (non-hydrogen) atoms. The molecule has 5 atom stereocenters. The van der Waals surface area contributed by atoms with Crippen molar-refractivity contribution in [3.05, 3.63) is 87.9 Å². The topological polar surface area (TPSA) is 215 Å². The summed E-state index contributed by atoms with van der Waals surface area (Å²) in [6.45, 7) is 9.93. The van der Waals surface area contributed by atoms with E-state index >= 15 is 4.39 Å². The van der Waals surface area contributed by atoms with Crippen LogP contribution in [0.15, 0.2) is 60.9 Å². The molecule has 4 N–H and O–H groups in total. The first kappa shape index (κ1) is 48.4. The lowest BCUT2D eigenvalue weighted by atomic mass is 10.0. The summed E-state index contributed by atoms with van der Waals surface area (Å²) in [5, 5.41) is 6.19. The number of methoxy groups -OCH3 is 2. The Kier molecular flexibility index (Phi) is 12.8. The molecule has 1 aliphatic carbocycles. The Bertz CT molecular complexity index is 3100. The van der Waals surface area contributed by atoms with Gasteiger partial charge in [0.1, 0.15) is 40.9 Å². The number of thiophene rings is 1. The lowest BCUT2D eigenvalue weighted by Crippen LogP contribution is -2.51. The number of hydrogen-bond donors (Lipinski definition) is 4. The van der Waals surface area contributed by atoms with Crippen molar-refractivity contribution in [2.24, 2.45) is 11.8 Å². The van der Waals surface area contributed by atoms with Gasteiger partial charge in [0, 0.05) is 41.4 Å². The molecular weight excluding hydrogens is 946 g/mol. The van der Waals surface area contributed by atoms with E-state index in [1.807, 2.05) is 68.7 Å². The quantitative estimate of drug-likeness (QED) is 0.0633. The molecule has 6 aromatic rings. The molecule has 1 unspecified atom stereocenters. The number of nitrogens with one attached hydrogen (secondary N) is 4. The molecular formula is C52H58FN9O9S. The van der Waals surface area contributed by atoms with Crippen LogP contribution in [0.1, 0.15) is 113 Å². The molecule has 10 rings (SSSR count). The van der Waals surface area contributed by atoms with Gasteiger partial charge < -0.3 is 49.3 Å². The molecule has 2 aromatic carbocycles. The maximum absolute atomic E-state index is 17.0. The van der Waals surface area contributed by atoms with Crippen LogP contribution in [0.3, 0.4) is 0 Å². The van der Waals surface area contributed by atoms with Gasteiger partial charge in [0.2, 0.25) is 18.0 Å². The first-order valence-corrected chi connectivity index (χ1v) is 25.3. The van der Waals surface area contributed by atoms with Crippen molar-refractivity contribution >= 4 is 52.2 Å². The summed E-state index contributed by atoms with van der Waals surface area (Å²) < 4.78 is 41.3. The van der Waals surface area contributed by atoms with E-state index in [0.717, 1.165) is 51.2 Å². The fourth-order valence-electron chi connectivity index (χ4n) is 10.5. The molecule has 7 heterocycles. The second-order valence-corrected chi connectivity index (χ2v) is 20.8. The van der Waals surface area contributed by atoms with Crippen molar-refractivity contribution < 1.29 is 47.3 Å². The molecule has 4 aromatic heterocycles. The number of esters is 1. The number of halogens is 1. The zero-order valence-electron chi connectivity index (χ0n) is 41.2. The van der Waals surface area contributed by atoms with Gasteiger partial charge in [-0.25, -0.2) is 23.9 Å². The smallest absolute Gasteiger partial charge is 0.407 e. The molecule has 4 aliphatic rings. The number of H-pyrrole nitrogens is 2. The van der Waals surface area contributed by atoms with Crippen LogP contribution in [-0.4, -0.2) is 104 Å². The number of hydrogen-bond acceptors (Lipinski definition) is 12. The van der Waals surface area contributed by atoms with E-state index in [0.29, 0.717) is 66.7 Å². The number of fused-ring (bicyclic) bond motifs is 5. The third-order valence-corrected chi connectivity index (χ3v) is 15.6. The van der Waals surface area contributed by atoms with Crippen molar-refractivity contribution in [2.45, 2.75) is 109 Å². The third kappa shape index (κ3) is 8.82. The van der Waals surface area contributed by atoms with E-state index in [-0.39, 0.29) is 47.3 Å². The number of ether oxygens (including phenoxy) is 4. The number of imidazole rings is 2. The number of aromatic nitrogens is 5. The minimum Gasteiger partial charge on any atom is -0.464 e. The van der Waals surface area contributed by atoms with Crippen LogP contribution in [0.25, 0.3) is 44.9 Å². The molecule has 0 spiro atoms. The van der Waals surface area contributed by atoms with Crippen LogP contribution in [0.4, 0.5) is 14.0 Å². The van der Waals surface area contributed by atoms with Crippen molar-refractivity contribution in [3.63, 3.8) is 0 Å². The van der Waals surface area contributed by atoms with Gasteiger partial charge in [0.15, 0.2) is 0 Å². The summed E-state index contributed by atoms with van der Waals surface area (Å²) in [7, 11) is 2.53. The fourth-order valence-corrected chi connectivity index (χ4v) is 11.7. The maximum Gasteiger partial charge on any atom is 0.407 e. The highest BCUT2D eigenvalue weighted by Gasteiger charge is 2.50. The number of aromatic amines is 2. The molecule has 378 valence electrons. The number of carbonyl (C=O) groups excluding carboxylic acids is 5. The number of rotatable bonds is 13. The minimum atomic E-state index is -0.786. The van der Waals surface area contributed by atoms with E-state index in [1.54, 1.807) is 28.3 Å². The van der Waals surface area contributed by atoms with Gasteiger partial charge >= 0.3 is 18.2 Å². The first-order valence-electron chi connectivity index (χ1n) is 24.4.